The Morgan fingerprint density at radius 2 is 1.24 bits per heavy atom. The lowest BCUT2D eigenvalue weighted by atomic mass is 9.87. The Balaban J connectivity index is 1.46. The Bertz CT molecular complexity index is 1960. The van der Waals surface area contributed by atoms with Crippen LogP contribution in [0.2, 0.25) is 10.1 Å². The Morgan fingerprint density at radius 3 is 1.68 bits per heavy atom. The molecule has 4 aromatic rings. The van der Waals surface area contributed by atoms with Crippen molar-refractivity contribution in [2.24, 2.45) is 11.8 Å². The van der Waals surface area contributed by atoms with Crippen molar-refractivity contribution in [2.45, 2.75) is 147 Å². The molecule has 0 radical (unpaired) electrons. The van der Waals surface area contributed by atoms with Gasteiger partial charge in [0.1, 0.15) is 0 Å². The SMILES string of the molecule is CCCCC[C@@H](/C=C/[C@@H]1[C@H]2C[C@](OC)([C@H](F)CCCC(=O)OC)O[C@H]2C[C@H]1O[Si](c1ccccc1)(c1ccccc1)C(C)(C)C)O[Si](c1ccccc1)(c1ccccc1)C(C)(C)C. The molecular weight excluding hydrogens is 820 g/mol. The van der Waals surface area contributed by atoms with E-state index in [2.05, 4.69) is 182 Å². The van der Waals surface area contributed by atoms with Crippen molar-refractivity contribution in [1.82, 2.24) is 0 Å². The van der Waals surface area contributed by atoms with Crippen LogP contribution in [-0.2, 0) is 27.9 Å². The predicted molar refractivity (Wildman–Crippen MR) is 260 cm³/mol. The lowest BCUT2D eigenvalue weighted by Crippen LogP contribution is -2.68. The van der Waals surface area contributed by atoms with Gasteiger partial charge in [-0.2, -0.15) is 0 Å². The van der Waals surface area contributed by atoms with Gasteiger partial charge in [-0.25, -0.2) is 4.39 Å². The maximum Gasteiger partial charge on any atom is 0.305 e. The number of methoxy groups -OCH3 is 2. The van der Waals surface area contributed by atoms with Gasteiger partial charge in [-0.3, -0.25) is 4.79 Å². The molecule has 0 unspecified atom stereocenters. The number of ether oxygens (including phenoxy) is 3. The standard InChI is InChI=1S/C54H73FO6Si2/c1-10-11-16-26-41(60-62(52(2,3)4,42-27-17-12-18-28-42)43-29-19-13-20-30-43)37-38-46-47-40-54(58-9,50(55)35-25-36-51(56)57-8)59-48(47)39-49(46)61-63(53(5,6)7,44-31-21-14-22-32-44)45-33-23-15-24-34-45/h12-15,17-24,27-34,37-38,41,46-50H,10-11,16,25-26,35-36,39-40H2,1-9H3/b38-37+/t41-,46+,47+,48-,49+,50+,54+/m0/s1. The van der Waals surface area contributed by atoms with E-state index in [9.17, 15) is 4.79 Å². The van der Waals surface area contributed by atoms with E-state index in [-0.39, 0.29) is 59.0 Å². The van der Waals surface area contributed by atoms with Gasteiger partial charge in [-0.05, 0) is 62.4 Å². The van der Waals surface area contributed by atoms with Crippen LogP contribution in [0.25, 0.3) is 0 Å². The van der Waals surface area contributed by atoms with Gasteiger partial charge in [0.15, 0.2) is 12.0 Å². The van der Waals surface area contributed by atoms with Crippen LogP contribution in [-0.4, -0.2) is 67.1 Å². The molecule has 0 bridgehead atoms. The van der Waals surface area contributed by atoms with Crippen molar-refractivity contribution >= 4 is 43.4 Å². The number of hydrogen-bond acceptors (Lipinski definition) is 6. The summed E-state index contributed by atoms with van der Waals surface area (Å²) >= 11 is 0. The molecule has 0 spiro atoms. The van der Waals surface area contributed by atoms with Crippen LogP contribution >= 0.6 is 0 Å². The number of hydrogen-bond donors (Lipinski definition) is 0. The first kappa shape index (κ1) is 48.7. The molecule has 1 aliphatic heterocycles. The van der Waals surface area contributed by atoms with E-state index >= 15 is 4.39 Å². The first-order chi connectivity index (χ1) is 30.2. The molecule has 0 amide bonds. The molecule has 2 aliphatic rings. The third kappa shape index (κ3) is 10.4. The number of esters is 1. The predicted octanol–water partition coefficient (Wildman–Crippen LogP) is 10.5. The molecule has 0 aromatic heterocycles. The molecule has 7 atom stereocenters. The number of carbonyl (C=O) groups is 1. The van der Waals surface area contributed by atoms with Crippen LogP contribution in [0.15, 0.2) is 133 Å². The van der Waals surface area contributed by atoms with E-state index in [1.807, 2.05) is 0 Å². The maximum atomic E-state index is 16.6. The summed E-state index contributed by atoms with van der Waals surface area (Å²) < 4.78 is 50.1. The minimum absolute atomic E-state index is 0.0765. The van der Waals surface area contributed by atoms with Crippen molar-refractivity contribution in [2.75, 3.05) is 14.2 Å². The quantitative estimate of drug-likeness (QED) is 0.0381. The third-order valence-electron chi connectivity index (χ3n) is 13.8. The van der Waals surface area contributed by atoms with E-state index in [4.69, 9.17) is 23.1 Å². The number of carbonyl (C=O) groups excluding carboxylic acids is 1. The molecule has 4 aromatic carbocycles. The number of alkyl halides is 1. The zero-order valence-electron chi connectivity index (χ0n) is 39.4. The Hall–Kier alpha value is -3.71. The van der Waals surface area contributed by atoms with Gasteiger partial charge in [0, 0.05) is 25.9 Å². The number of halogens is 1. The number of benzene rings is 4. The minimum atomic E-state index is -3.00. The lowest BCUT2D eigenvalue weighted by Gasteiger charge is -2.46. The average molecular weight is 893 g/mol. The van der Waals surface area contributed by atoms with Crippen LogP contribution in [0.3, 0.4) is 0 Å². The molecule has 63 heavy (non-hydrogen) atoms. The highest BCUT2D eigenvalue weighted by molar-refractivity contribution is 7.00. The van der Waals surface area contributed by atoms with Crippen LogP contribution in [0.4, 0.5) is 4.39 Å². The summed E-state index contributed by atoms with van der Waals surface area (Å²) in [4.78, 5) is 12.0. The van der Waals surface area contributed by atoms with E-state index in [1.54, 1.807) is 7.11 Å². The van der Waals surface area contributed by atoms with Gasteiger partial charge >= 0.3 is 5.97 Å². The normalized spacial score (nSPS) is 22.8. The molecule has 1 aliphatic carbocycles. The summed E-state index contributed by atoms with van der Waals surface area (Å²) in [6, 6.07) is 43.3. The zero-order valence-corrected chi connectivity index (χ0v) is 41.4. The molecule has 2 fully saturated rings. The third-order valence-corrected chi connectivity index (χ3v) is 23.9. The monoisotopic (exact) mass is 892 g/mol. The van der Waals surface area contributed by atoms with Gasteiger partial charge in [0.05, 0.1) is 25.4 Å². The summed E-state index contributed by atoms with van der Waals surface area (Å²) in [6.07, 6.45) is 8.31. The van der Waals surface area contributed by atoms with Gasteiger partial charge in [-0.1, -0.05) is 201 Å². The topological polar surface area (TPSA) is 63.2 Å². The fourth-order valence-corrected chi connectivity index (χ4v) is 20.0. The lowest BCUT2D eigenvalue weighted by molar-refractivity contribution is -0.248. The first-order valence-electron chi connectivity index (χ1n) is 23.4. The van der Waals surface area contributed by atoms with Gasteiger partial charge in [-0.15, -0.1) is 0 Å². The largest absolute Gasteiger partial charge is 0.469 e. The maximum absolute atomic E-state index is 16.6. The molecule has 6 rings (SSSR count). The molecule has 9 heteroatoms. The second-order valence-corrected chi connectivity index (χ2v) is 28.3. The number of fused-ring (bicyclic) bond motifs is 1. The second-order valence-electron chi connectivity index (χ2n) is 19.8. The minimum Gasteiger partial charge on any atom is -0.469 e. The fourth-order valence-electron chi connectivity index (χ4n) is 10.6. The van der Waals surface area contributed by atoms with Crippen molar-refractivity contribution in [3.05, 3.63) is 133 Å². The summed E-state index contributed by atoms with van der Waals surface area (Å²) in [6.45, 7) is 16.2. The van der Waals surface area contributed by atoms with Crippen LogP contribution in [0.1, 0.15) is 106 Å². The van der Waals surface area contributed by atoms with Crippen molar-refractivity contribution in [3.8, 4) is 0 Å². The highest BCUT2D eigenvalue weighted by atomic mass is 28.4. The summed E-state index contributed by atoms with van der Waals surface area (Å²) in [5, 5.41) is 4.51. The van der Waals surface area contributed by atoms with Gasteiger partial charge in [0.25, 0.3) is 16.6 Å². The van der Waals surface area contributed by atoms with Crippen LogP contribution < -0.4 is 20.7 Å². The highest BCUT2D eigenvalue weighted by Crippen LogP contribution is 2.53. The fraction of sp³-hybridized carbons (Fsp3) is 0.500. The molecule has 0 N–H and O–H groups in total. The van der Waals surface area contributed by atoms with E-state index in [1.165, 1.54) is 27.9 Å². The summed E-state index contributed by atoms with van der Waals surface area (Å²) in [7, 11) is -3.00. The van der Waals surface area contributed by atoms with E-state index in [0.717, 1.165) is 25.7 Å². The Labute approximate surface area is 380 Å². The highest BCUT2D eigenvalue weighted by Gasteiger charge is 2.61. The van der Waals surface area contributed by atoms with Crippen LogP contribution in [0, 0.1) is 11.8 Å². The van der Waals surface area contributed by atoms with Crippen molar-refractivity contribution in [1.29, 1.82) is 0 Å². The Morgan fingerprint density at radius 1 is 0.746 bits per heavy atom. The van der Waals surface area contributed by atoms with Crippen molar-refractivity contribution < 1.29 is 32.2 Å². The molecule has 6 nitrogen and oxygen atoms in total. The summed E-state index contributed by atoms with van der Waals surface area (Å²) in [5.74, 6) is -1.97. The molecule has 340 valence electrons. The van der Waals surface area contributed by atoms with Crippen molar-refractivity contribution in [3.63, 3.8) is 0 Å². The van der Waals surface area contributed by atoms with E-state index in [0.29, 0.717) is 19.3 Å². The average Bonchev–Trinajstić information content (AvgIpc) is 3.81. The first-order valence-corrected chi connectivity index (χ1v) is 27.2. The molecule has 1 saturated carbocycles. The number of rotatable bonds is 20. The molecular formula is C54H73FO6Si2. The van der Waals surface area contributed by atoms with Gasteiger partial charge < -0.3 is 23.1 Å². The smallest absolute Gasteiger partial charge is 0.305 e. The van der Waals surface area contributed by atoms with Gasteiger partial charge in [0.2, 0.25) is 0 Å². The van der Waals surface area contributed by atoms with E-state index < -0.39 is 28.6 Å². The molecule has 1 saturated heterocycles. The summed E-state index contributed by atoms with van der Waals surface area (Å²) in [5.41, 5.74) is 0. The Kier molecular flexibility index (Phi) is 16.3. The van der Waals surface area contributed by atoms with Crippen LogP contribution in [0.5, 0.6) is 0 Å². The molecule has 1 heterocycles. The second kappa shape index (κ2) is 21.1. The zero-order chi connectivity index (χ0) is 45.3. The number of unbranched alkanes of at least 4 members (excludes halogenated alkanes) is 2.